The smallest absolute Gasteiger partial charge is 0.338 e. The highest BCUT2D eigenvalue weighted by Gasteiger charge is 2.10. The molecule has 1 heterocycles. The minimum absolute atomic E-state index is 0.232. The average molecular weight is 284 g/mol. The van der Waals surface area contributed by atoms with E-state index in [4.69, 9.17) is 4.74 Å². The molecule has 0 aliphatic heterocycles. The fourth-order valence-electron chi connectivity index (χ4n) is 1.83. The summed E-state index contributed by atoms with van der Waals surface area (Å²) in [7, 11) is 0. The zero-order valence-corrected chi connectivity index (χ0v) is 11.9. The van der Waals surface area contributed by atoms with Crippen LogP contribution in [0.3, 0.4) is 0 Å². The van der Waals surface area contributed by atoms with Crippen molar-refractivity contribution in [2.45, 2.75) is 13.8 Å². The molecule has 0 unspecified atom stereocenters. The van der Waals surface area contributed by atoms with Crippen molar-refractivity contribution in [3.05, 3.63) is 59.4 Å². The standard InChI is InChI=1S/C16H16N2O3/c1-3-21-16(20)12-6-8-13(9-7-12)18-15(19)14-5-4-10-17-11(14)2/h4-10H,3H2,1-2H3,(H,18,19). The maximum atomic E-state index is 12.1. The molecule has 0 saturated carbocycles. The number of rotatable bonds is 4. The van der Waals surface area contributed by atoms with Gasteiger partial charge in [0.1, 0.15) is 0 Å². The van der Waals surface area contributed by atoms with Gasteiger partial charge in [-0.1, -0.05) is 0 Å². The van der Waals surface area contributed by atoms with E-state index >= 15 is 0 Å². The number of hydrogen-bond acceptors (Lipinski definition) is 4. The van der Waals surface area contributed by atoms with Gasteiger partial charge in [0.15, 0.2) is 0 Å². The Kier molecular flexibility index (Phi) is 4.66. The number of nitrogens with zero attached hydrogens (tertiary/aromatic N) is 1. The summed E-state index contributed by atoms with van der Waals surface area (Å²) >= 11 is 0. The first kappa shape index (κ1) is 14.7. The lowest BCUT2D eigenvalue weighted by Gasteiger charge is -2.07. The molecule has 1 N–H and O–H groups in total. The van der Waals surface area contributed by atoms with Crippen LogP contribution in [0.2, 0.25) is 0 Å². The minimum Gasteiger partial charge on any atom is -0.462 e. The van der Waals surface area contributed by atoms with Gasteiger partial charge in [-0.3, -0.25) is 9.78 Å². The number of aryl methyl sites for hydroxylation is 1. The zero-order chi connectivity index (χ0) is 15.2. The Balaban J connectivity index is 2.09. The molecule has 5 heteroatoms. The summed E-state index contributed by atoms with van der Waals surface area (Å²) < 4.78 is 4.90. The van der Waals surface area contributed by atoms with E-state index in [-0.39, 0.29) is 11.9 Å². The summed E-state index contributed by atoms with van der Waals surface area (Å²) in [4.78, 5) is 27.7. The predicted octanol–water partition coefficient (Wildman–Crippen LogP) is 2.82. The summed E-state index contributed by atoms with van der Waals surface area (Å²) in [5.41, 5.74) is 2.24. The monoisotopic (exact) mass is 284 g/mol. The van der Waals surface area contributed by atoms with Crippen molar-refractivity contribution in [3.8, 4) is 0 Å². The molecule has 0 spiro atoms. The maximum absolute atomic E-state index is 12.1. The summed E-state index contributed by atoms with van der Waals surface area (Å²) in [6.07, 6.45) is 1.64. The number of amides is 1. The third-order valence-corrected chi connectivity index (χ3v) is 2.91. The van der Waals surface area contributed by atoms with Crippen molar-refractivity contribution in [3.63, 3.8) is 0 Å². The van der Waals surface area contributed by atoms with E-state index in [0.717, 1.165) is 0 Å². The van der Waals surface area contributed by atoms with Crippen LogP contribution in [0.25, 0.3) is 0 Å². The second-order valence-corrected chi connectivity index (χ2v) is 4.39. The quantitative estimate of drug-likeness (QED) is 0.877. The fraction of sp³-hybridized carbons (Fsp3) is 0.188. The van der Waals surface area contributed by atoms with Crippen LogP contribution in [-0.2, 0) is 4.74 Å². The molecular weight excluding hydrogens is 268 g/mol. The molecule has 0 aliphatic rings. The molecule has 5 nitrogen and oxygen atoms in total. The number of ether oxygens (including phenoxy) is 1. The summed E-state index contributed by atoms with van der Waals surface area (Å²) in [5, 5.41) is 2.77. The molecule has 0 saturated heterocycles. The first-order valence-electron chi connectivity index (χ1n) is 6.62. The first-order chi connectivity index (χ1) is 10.1. The summed E-state index contributed by atoms with van der Waals surface area (Å²) in [6.45, 7) is 3.86. The number of benzene rings is 1. The van der Waals surface area contributed by atoms with Crippen LogP contribution in [0.4, 0.5) is 5.69 Å². The van der Waals surface area contributed by atoms with Gasteiger partial charge in [0.25, 0.3) is 5.91 Å². The number of anilines is 1. The molecule has 0 aliphatic carbocycles. The minimum atomic E-state index is -0.376. The largest absolute Gasteiger partial charge is 0.462 e. The lowest BCUT2D eigenvalue weighted by molar-refractivity contribution is 0.0526. The van der Waals surface area contributed by atoms with E-state index in [2.05, 4.69) is 10.3 Å². The van der Waals surface area contributed by atoms with Gasteiger partial charge < -0.3 is 10.1 Å². The number of pyridine rings is 1. The van der Waals surface area contributed by atoms with Gasteiger partial charge in [-0.15, -0.1) is 0 Å². The molecule has 2 rings (SSSR count). The SMILES string of the molecule is CCOC(=O)c1ccc(NC(=O)c2cccnc2C)cc1. The summed E-state index contributed by atoms with van der Waals surface area (Å²) in [5.74, 6) is -0.608. The highest BCUT2D eigenvalue weighted by molar-refractivity contribution is 6.05. The van der Waals surface area contributed by atoms with E-state index in [9.17, 15) is 9.59 Å². The van der Waals surface area contributed by atoms with Gasteiger partial charge in [0.05, 0.1) is 17.7 Å². The maximum Gasteiger partial charge on any atom is 0.338 e. The van der Waals surface area contributed by atoms with Crippen LogP contribution in [0.15, 0.2) is 42.6 Å². The van der Waals surface area contributed by atoms with E-state index in [0.29, 0.717) is 29.1 Å². The Bertz CT molecular complexity index is 651. The Morgan fingerprint density at radius 2 is 1.90 bits per heavy atom. The van der Waals surface area contributed by atoms with Crippen LogP contribution in [-0.4, -0.2) is 23.5 Å². The Morgan fingerprint density at radius 1 is 1.19 bits per heavy atom. The van der Waals surface area contributed by atoms with Gasteiger partial charge >= 0.3 is 5.97 Å². The lowest BCUT2D eigenvalue weighted by atomic mass is 10.1. The van der Waals surface area contributed by atoms with Crippen LogP contribution in [0, 0.1) is 6.92 Å². The number of hydrogen-bond donors (Lipinski definition) is 1. The third kappa shape index (κ3) is 3.66. The number of aromatic nitrogens is 1. The van der Waals surface area contributed by atoms with Crippen LogP contribution >= 0.6 is 0 Å². The zero-order valence-electron chi connectivity index (χ0n) is 11.9. The Hall–Kier alpha value is -2.69. The van der Waals surface area contributed by atoms with Crippen LogP contribution in [0.1, 0.15) is 33.3 Å². The van der Waals surface area contributed by atoms with Crippen LogP contribution < -0.4 is 5.32 Å². The lowest BCUT2D eigenvalue weighted by Crippen LogP contribution is -2.14. The molecule has 0 radical (unpaired) electrons. The van der Waals surface area contributed by atoms with Crippen LogP contribution in [0.5, 0.6) is 0 Å². The normalized spacial score (nSPS) is 10.0. The molecule has 1 aromatic heterocycles. The molecule has 108 valence electrons. The van der Waals surface area contributed by atoms with Crippen molar-refractivity contribution < 1.29 is 14.3 Å². The van der Waals surface area contributed by atoms with Gasteiger partial charge in [0, 0.05) is 17.6 Å². The molecule has 0 atom stereocenters. The van der Waals surface area contributed by atoms with Crippen molar-refractivity contribution in [2.75, 3.05) is 11.9 Å². The molecule has 1 aromatic carbocycles. The fourth-order valence-corrected chi connectivity index (χ4v) is 1.83. The van der Waals surface area contributed by atoms with Gasteiger partial charge in [-0.05, 0) is 50.2 Å². The molecule has 1 amide bonds. The first-order valence-corrected chi connectivity index (χ1v) is 6.62. The molecule has 21 heavy (non-hydrogen) atoms. The highest BCUT2D eigenvalue weighted by atomic mass is 16.5. The van der Waals surface area contributed by atoms with Gasteiger partial charge in [-0.2, -0.15) is 0 Å². The van der Waals surface area contributed by atoms with Gasteiger partial charge in [-0.25, -0.2) is 4.79 Å². The molecule has 0 bridgehead atoms. The summed E-state index contributed by atoms with van der Waals surface area (Å²) in [6, 6.07) is 9.98. The number of nitrogens with one attached hydrogen (secondary N) is 1. The molecular formula is C16H16N2O3. The van der Waals surface area contributed by atoms with Crippen molar-refractivity contribution in [1.82, 2.24) is 4.98 Å². The molecule has 0 fully saturated rings. The Morgan fingerprint density at radius 3 is 2.52 bits per heavy atom. The van der Waals surface area contributed by atoms with Crippen molar-refractivity contribution in [1.29, 1.82) is 0 Å². The predicted molar refractivity (Wildman–Crippen MR) is 79.3 cm³/mol. The van der Waals surface area contributed by atoms with E-state index in [1.54, 1.807) is 56.4 Å². The average Bonchev–Trinajstić information content (AvgIpc) is 2.48. The van der Waals surface area contributed by atoms with E-state index < -0.39 is 0 Å². The van der Waals surface area contributed by atoms with E-state index in [1.807, 2.05) is 0 Å². The van der Waals surface area contributed by atoms with Crippen molar-refractivity contribution >= 4 is 17.6 Å². The topological polar surface area (TPSA) is 68.3 Å². The van der Waals surface area contributed by atoms with Crippen molar-refractivity contribution in [2.24, 2.45) is 0 Å². The van der Waals surface area contributed by atoms with E-state index in [1.165, 1.54) is 0 Å². The third-order valence-electron chi connectivity index (χ3n) is 2.91. The second kappa shape index (κ2) is 6.65. The molecule has 2 aromatic rings. The van der Waals surface area contributed by atoms with Gasteiger partial charge in [0.2, 0.25) is 0 Å². The number of esters is 1. The number of carbonyl (C=O) groups is 2. The highest BCUT2D eigenvalue weighted by Crippen LogP contribution is 2.13. The Labute approximate surface area is 123 Å². The second-order valence-electron chi connectivity index (χ2n) is 4.39. The number of carbonyl (C=O) groups excluding carboxylic acids is 2.